The predicted molar refractivity (Wildman–Crippen MR) is 129 cm³/mol. The summed E-state index contributed by atoms with van der Waals surface area (Å²) in [5.74, 6) is 0.381. The molecule has 0 unspecified atom stereocenters. The molecule has 0 bridgehead atoms. The van der Waals surface area contributed by atoms with Gasteiger partial charge < -0.3 is 9.84 Å². The van der Waals surface area contributed by atoms with E-state index in [1.54, 1.807) is 0 Å². The molecule has 0 saturated heterocycles. The van der Waals surface area contributed by atoms with E-state index < -0.39 is 16.0 Å². The number of nitrogens with one attached hydrogen (secondary N) is 1. The Morgan fingerprint density at radius 2 is 1.82 bits per heavy atom. The standard InChI is InChI=1S/C24H26N2O5S2/c1-15-3-5-16(6-4-15)17-7-9-18(10-8-17)23-25-22(14-32-23)33(29,30)26-20-12-11-19(24(27)28)13-21(20)31-2/h7-16,26H,3-6H2,1-2H3,(H,27,28). The Morgan fingerprint density at radius 3 is 2.45 bits per heavy atom. The Labute approximate surface area is 197 Å². The molecule has 2 aromatic carbocycles. The lowest BCUT2D eigenvalue weighted by molar-refractivity contribution is 0.0696. The number of benzene rings is 2. The zero-order valence-corrected chi connectivity index (χ0v) is 20.1. The minimum Gasteiger partial charge on any atom is -0.495 e. The van der Waals surface area contributed by atoms with Crippen molar-refractivity contribution >= 4 is 33.0 Å². The van der Waals surface area contributed by atoms with Gasteiger partial charge in [0.2, 0.25) is 0 Å². The zero-order chi connectivity index (χ0) is 23.6. The van der Waals surface area contributed by atoms with Gasteiger partial charge in [0.25, 0.3) is 10.0 Å². The molecule has 1 saturated carbocycles. The largest absolute Gasteiger partial charge is 0.495 e. The lowest BCUT2D eigenvalue weighted by atomic mass is 9.79. The lowest BCUT2D eigenvalue weighted by Crippen LogP contribution is -2.14. The van der Waals surface area contributed by atoms with Crippen LogP contribution in [-0.4, -0.2) is 31.6 Å². The van der Waals surface area contributed by atoms with Crippen molar-refractivity contribution in [3.63, 3.8) is 0 Å². The first kappa shape index (κ1) is 23.3. The SMILES string of the molecule is COc1cc(C(=O)O)ccc1NS(=O)(=O)c1csc(-c2ccc(C3CCC(C)CC3)cc2)n1. The van der Waals surface area contributed by atoms with E-state index in [1.807, 2.05) is 12.1 Å². The van der Waals surface area contributed by atoms with E-state index in [0.29, 0.717) is 10.9 Å². The monoisotopic (exact) mass is 486 g/mol. The molecule has 0 radical (unpaired) electrons. The van der Waals surface area contributed by atoms with Crippen molar-refractivity contribution in [2.75, 3.05) is 11.8 Å². The fraction of sp³-hybridized carbons (Fsp3) is 0.333. The van der Waals surface area contributed by atoms with Crippen molar-refractivity contribution in [2.45, 2.75) is 43.6 Å². The molecule has 0 atom stereocenters. The van der Waals surface area contributed by atoms with E-state index in [4.69, 9.17) is 9.84 Å². The average Bonchev–Trinajstić information content (AvgIpc) is 3.31. The Morgan fingerprint density at radius 1 is 1.12 bits per heavy atom. The van der Waals surface area contributed by atoms with Crippen molar-refractivity contribution in [2.24, 2.45) is 5.92 Å². The van der Waals surface area contributed by atoms with Crippen LogP contribution in [0.1, 0.15) is 54.4 Å². The van der Waals surface area contributed by atoms with Crippen LogP contribution in [0.5, 0.6) is 5.75 Å². The number of aromatic nitrogens is 1. The summed E-state index contributed by atoms with van der Waals surface area (Å²) in [7, 11) is -2.63. The average molecular weight is 487 g/mol. The summed E-state index contributed by atoms with van der Waals surface area (Å²) >= 11 is 1.26. The summed E-state index contributed by atoms with van der Waals surface area (Å²) in [6, 6.07) is 12.2. The molecule has 0 amide bonds. The van der Waals surface area contributed by atoms with E-state index >= 15 is 0 Å². The Bertz CT molecular complexity index is 1240. The van der Waals surface area contributed by atoms with Gasteiger partial charge in [-0.1, -0.05) is 44.0 Å². The quantitative estimate of drug-likeness (QED) is 0.450. The van der Waals surface area contributed by atoms with Gasteiger partial charge in [0.05, 0.1) is 18.4 Å². The van der Waals surface area contributed by atoms with Gasteiger partial charge in [-0.15, -0.1) is 11.3 Å². The van der Waals surface area contributed by atoms with Crippen LogP contribution in [0.15, 0.2) is 52.9 Å². The normalized spacial score (nSPS) is 18.6. The van der Waals surface area contributed by atoms with E-state index in [9.17, 15) is 13.2 Å². The first-order valence-electron chi connectivity index (χ1n) is 10.8. The van der Waals surface area contributed by atoms with Gasteiger partial charge in [0, 0.05) is 10.9 Å². The minimum atomic E-state index is -3.97. The smallest absolute Gasteiger partial charge is 0.335 e. The van der Waals surface area contributed by atoms with Crippen LogP contribution in [-0.2, 0) is 10.0 Å². The summed E-state index contributed by atoms with van der Waals surface area (Å²) < 4.78 is 33.4. The molecule has 0 spiro atoms. The van der Waals surface area contributed by atoms with Crippen LogP contribution in [0.3, 0.4) is 0 Å². The van der Waals surface area contributed by atoms with Crippen LogP contribution >= 0.6 is 11.3 Å². The number of rotatable bonds is 7. The molecule has 1 heterocycles. The molecular weight excluding hydrogens is 460 g/mol. The number of hydrogen-bond acceptors (Lipinski definition) is 6. The maximum Gasteiger partial charge on any atom is 0.335 e. The van der Waals surface area contributed by atoms with Crippen molar-refractivity contribution in [1.82, 2.24) is 4.98 Å². The highest BCUT2D eigenvalue weighted by molar-refractivity contribution is 7.92. The van der Waals surface area contributed by atoms with E-state index in [2.05, 4.69) is 28.8 Å². The summed E-state index contributed by atoms with van der Waals surface area (Å²) in [6.45, 7) is 2.31. The van der Waals surface area contributed by atoms with Crippen LogP contribution < -0.4 is 9.46 Å². The molecule has 33 heavy (non-hydrogen) atoms. The van der Waals surface area contributed by atoms with Gasteiger partial charge in [-0.05, 0) is 48.4 Å². The highest BCUT2D eigenvalue weighted by Gasteiger charge is 2.22. The van der Waals surface area contributed by atoms with Gasteiger partial charge in [-0.2, -0.15) is 8.42 Å². The molecule has 0 aliphatic heterocycles. The first-order chi connectivity index (χ1) is 15.8. The number of anilines is 1. The molecule has 174 valence electrons. The van der Waals surface area contributed by atoms with Crippen LogP contribution in [0.2, 0.25) is 0 Å². The summed E-state index contributed by atoms with van der Waals surface area (Å²) in [6.07, 6.45) is 4.94. The number of carbonyl (C=O) groups is 1. The fourth-order valence-electron chi connectivity index (χ4n) is 4.11. The Balaban J connectivity index is 1.51. The summed E-state index contributed by atoms with van der Waals surface area (Å²) in [4.78, 5) is 15.5. The highest BCUT2D eigenvalue weighted by atomic mass is 32.2. The third-order valence-corrected chi connectivity index (χ3v) is 8.39. The van der Waals surface area contributed by atoms with Gasteiger partial charge in [0.15, 0.2) is 5.03 Å². The van der Waals surface area contributed by atoms with Gasteiger partial charge in [-0.3, -0.25) is 4.72 Å². The number of ether oxygens (including phenoxy) is 1. The van der Waals surface area contributed by atoms with E-state index in [0.717, 1.165) is 11.5 Å². The third-order valence-electron chi connectivity index (χ3n) is 6.10. The molecule has 1 aliphatic carbocycles. The second-order valence-corrected chi connectivity index (χ2v) is 10.9. The van der Waals surface area contributed by atoms with Gasteiger partial charge in [0.1, 0.15) is 10.8 Å². The van der Waals surface area contributed by atoms with Gasteiger partial charge >= 0.3 is 5.97 Å². The number of methoxy groups -OCH3 is 1. The number of aromatic carboxylic acids is 1. The lowest BCUT2D eigenvalue weighted by Gasteiger charge is -2.26. The Kier molecular flexibility index (Phi) is 6.71. The van der Waals surface area contributed by atoms with Crippen LogP contribution in [0.4, 0.5) is 5.69 Å². The number of hydrogen-bond donors (Lipinski definition) is 2. The Hall–Kier alpha value is -2.91. The maximum atomic E-state index is 12.9. The molecular formula is C24H26N2O5S2. The van der Waals surface area contributed by atoms with Crippen molar-refractivity contribution in [1.29, 1.82) is 0 Å². The highest BCUT2D eigenvalue weighted by Crippen LogP contribution is 2.36. The summed E-state index contributed by atoms with van der Waals surface area (Å²) in [5.41, 5.74) is 2.34. The second-order valence-electron chi connectivity index (χ2n) is 8.40. The fourth-order valence-corrected chi connectivity index (χ4v) is 6.28. The minimum absolute atomic E-state index is 0.00284. The molecule has 1 aromatic heterocycles. The molecule has 2 N–H and O–H groups in total. The molecule has 9 heteroatoms. The van der Waals surface area contributed by atoms with E-state index in [1.165, 1.54) is 73.3 Å². The molecule has 1 aliphatic rings. The molecule has 4 rings (SSSR count). The van der Waals surface area contributed by atoms with Crippen molar-refractivity contribution < 1.29 is 23.1 Å². The van der Waals surface area contributed by atoms with Crippen LogP contribution in [0.25, 0.3) is 10.6 Å². The second kappa shape index (κ2) is 9.52. The number of nitrogens with zero attached hydrogens (tertiary/aromatic N) is 1. The first-order valence-corrected chi connectivity index (χ1v) is 13.1. The zero-order valence-electron chi connectivity index (χ0n) is 18.4. The molecule has 1 fully saturated rings. The van der Waals surface area contributed by atoms with E-state index in [-0.39, 0.29) is 22.0 Å². The third kappa shape index (κ3) is 5.20. The number of sulfonamides is 1. The predicted octanol–water partition coefficient (Wildman–Crippen LogP) is 5.61. The van der Waals surface area contributed by atoms with Crippen molar-refractivity contribution in [3.05, 3.63) is 59.0 Å². The molecule has 3 aromatic rings. The van der Waals surface area contributed by atoms with Crippen molar-refractivity contribution in [3.8, 4) is 16.3 Å². The number of carboxylic acid groups (broad SMARTS) is 1. The maximum absolute atomic E-state index is 12.9. The topological polar surface area (TPSA) is 106 Å². The number of thiazole rings is 1. The number of carboxylic acids is 1. The molecule has 7 nitrogen and oxygen atoms in total. The van der Waals surface area contributed by atoms with Crippen LogP contribution in [0, 0.1) is 5.92 Å². The summed E-state index contributed by atoms with van der Waals surface area (Å²) in [5, 5.41) is 11.1. The van der Waals surface area contributed by atoms with Gasteiger partial charge in [-0.25, -0.2) is 9.78 Å².